The number of esters is 1. The SMILES string of the molecule is CC(=O)O[C@H]1CC[C@]2(C)[C@H]3C(=O)C=C4[C@@H]5C[C@@](C)(NS(C)(=O)=O)CC[C@]5(C)CC[C@@]4(C)[C@]3(C)CC[C@H]2C1(C)C. The lowest BCUT2D eigenvalue weighted by Gasteiger charge is -2.70. The molecule has 9 atom stereocenters. The van der Waals surface area contributed by atoms with Crippen molar-refractivity contribution in [2.24, 2.45) is 44.8 Å². The Bertz CT molecular complexity index is 1220. The number of ether oxygens (including phenoxy) is 1. The van der Waals surface area contributed by atoms with Gasteiger partial charge in [0.25, 0.3) is 0 Å². The highest BCUT2D eigenvalue weighted by Crippen LogP contribution is 2.74. The molecule has 0 heterocycles. The second kappa shape index (κ2) is 8.65. The smallest absolute Gasteiger partial charge is 0.302 e. The second-order valence-electron chi connectivity index (χ2n) is 16.1. The van der Waals surface area contributed by atoms with E-state index < -0.39 is 15.6 Å². The zero-order valence-electron chi connectivity index (χ0n) is 25.7. The summed E-state index contributed by atoms with van der Waals surface area (Å²) in [6.07, 6.45) is 11.6. The van der Waals surface area contributed by atoms with Gasteiger partial charge in [0.1, 0.15) is 6.10 Å². The number of rotatable bonds is 3. The number of nitrogens with one attached hydrogen (secondary N) is 1. The molecule has 7 heteroatoms. The minimum absolute atomic E-state index is 0.0662. The molecule has 0 amide bonds. The van der Waals surface area contributed by atoms with Crippen LogP contribution in [-0.4, -0.2) is 38.1 Å². The summed E-state index contributed by atoms with van der Waals surface area (Å²) in [6.45, 7) is 17.6. The first-order chi connectivity index (χ1) is 17.7. The van der Waals surface area contributed by atoms with Gasteiger partial charge in [0.2, 0.25) is 10.0 Å². The Kier molecular flexibility index (Phi) is 6.50. The number of hydrogen-bond acceptors (Lipinski definition) is 5. The molecule has 0 aromatic rings. The van der Waals surface area contributed by atoms with Crippen LogP contribution in [0.4, 0.5) is 0 Å². The molecule has 0 bridgehead atoms. The molecule has 4 fully saturated rings. The summed E-state index contributed by atoms with van der Waals surface area (Å²) in [5, 5.41) is 0. The van der Waals surface area contributed by atoms with E-state index in [9.17, 15) is 18.0 Å². The van der Waals surface area contributed by atoms with E-state index >= 15 is 0 Å². The molecule has 5 aliphatic rings. The maximum atomic E-state index is 14.5. The molecule has 5 rings (SSSR count). The lowest BCUT2D eigenvalue weighted by molar-refractivity contribution is -0.210. The first-order valence-electron chi connectivity index (χ1n) is 15.1. The van der Waals surface area contributed by atoms with E-state index in [4.69, 9.17) is 4.74 Å². The van der Waals surface area contributed by atoms with Gasteiger partial charge in [-0.2, -0.15) is 0 Å². The lowest BCUT2D eigenvalue weighted by Crippen LogP contribution is -2.67. The summed E-state index contributed by atoms with van der Waals surface area (Å²) in [6, 6.07) is 0. The van der Waals surface area contributed by atoms with Gasteiger partial charge in [-0.3, -0.25) is 9.59 Å². The standard InChI is InChI=1S/C32H51NO5S/c1-20(34)38-25-11-12-30(6)24(27(25,2)3)10-13-32(8)26(30)23(35)18-21-22-19-29(5,33-39(9,36)37)16-14-28(22,4)15-17-31(21,32)7/h18,22,24-26,33H,10-17,19H2,1-9H3/t22-,24-,25-,26+,28+,29-,30-,31+,32+/m0/s1. The van der Waals surface area contributed by atoms with E-state index in [0.29, 0.717) is 5.92 Å². The van der Waals surface area contributed by atoms with Crippen LogP contribution < -0.4 is 4.72 Å². The molecule has 220 valence electrons. The molecule has 0 aromatic heterocycles. The van der Waals surface area contributed by atoms with Gasteiger partial charge in [-0.1, -0.05) is 47.1 Å². The summed E-state index contributed by atoms with van der Waals surface area (Å²) >= 11 is 0. The molecule has 1 N–H and O–H groups in total. The van der Waals surface area contributed by atoms with Gasteiger partial charge in [0.15, 0.2) is 5.78 Å². The number of fused-ring (bicyclic) bond motifs is 7. The Balaban J connectivity index is 1.56. The second-order valence-corrected chi connectivity index (χ2v) is 17.8. The minimum Gasteiger partial charge on any atom is -0.462 e. The van der Waals surface area contributed by atoms with Gasteiger partial charge < -0.3 is 4.74 Å². The zero-order chi connectivity index (χ0) is 29.0. The largest absolute Gasteiger partial charge is 0.462 e. The maximum Gasteiger partial charge on any atom is 0.302 e. The molecule has 5 aliphatic carbocycles. The molecule has 0 spiro atoms. The third kappa shape index (κ3) is 4.21. The normalized spacial score (nSPS) is 49.1. The molecule has 0 aliphatic heterocycles. The average molecular weight is 562 g/mol. The predicted octanol–water partition coefficient (Wildman–Crippen LogP) is 6.20. The van der Waals surface area contributed by atoms with Crippen molar-refractivity contribution in [1.82, 2.24) is 4.72 Å². The monoisotopic (exact) mass is 561 g/mol. The van der Waals surface area contributed by atoms with Crippen LogP contribution in [0.1, 0.15) is 113 Å². The topological polar surface area (TPSA) is 89.5 Å². The number of allylic oxidation sites excluding steroid dienone is 2. The maximum absolute atomic E-state index is 14.5. The van der Waals surface area contributed by atoms with E-state index in [1.165, 1.54) is 18.8 Å². The Morgan fingerprint density at radius 3 is 2.21 bits per heavy atom. The number of carbonyl (C=O) groups is 2. The van der Waals surface area contributed by atoms with E-state index in [2.05, 4.69) is 46.3 Å². The van der Waals surface area contributed by atoms with Crippen LogP contribution in [0, 0.1) is 44.8 Å². The number of sulfonamides is 1. The summed E-state index contributed by atoms with van der Waals surface area (Å²) in [7, 11) is -3.34. The van der Waals surface area contributed by atoms with Crippen LogP contribution in [0.5, 0.6) is 0 Å². The predicted molar refractivity (Wildman–Crippen MR) is 153 cm³/mol. The van der Waals surface area contributed by atoms with Crippen LogP contribution in [0.15, 0.2) is 11.6 Å². The van der Waals surface area contributed by atoms with Crippen molar-refractivity contribution < 1.29 is 22.7 Å². The summed E-state index contributed by atoms with van der Waals surface area (Å²) in [4.78, 5) is 26.4. The van der Waals surface area contributed by atoms with Crippen molar-refractivity contribution in [3.8, 4) is 0 Å². The van der Waals surface area contributed by atoms with Crippen molar-refractivity contribution in [2.75, 3.05) is 6.26 Å². The summed E-state index contributed by atoms with van der Waals surface area (Å²) in [5.41, 5.74) is 0.246. The van der Waals surface area contributed by atoms with Crippen molar-refractivity contribution in [3.05, 3.63) is 11.6 Å². The van der Waals surface area contributed by atoms with E-state index in [0.717, 1.165) is 57.8 Å². The van der Waals surface area contributed by atoms with Crippen LogP contribution in [-0.2, 0) is 24.3 Å². The third-order valence-corrected chi connectivity index (χ3v) is 14.1. The molecule has 0 radical (unpaired) electrons. The molecule has 6 nitrogen and oxygen atoms in total. The minimum atomic E-state index is -3.34. The molecule has 0 aromatic carbocycles. The average Bonchev–Trinajstić information content (AvgIpc) is 2.77. The Labute approximate surface area is 236 Å². The van der Waals surface area contributed by atoms with Gasteiger partial charge in [0, 0.05) is 23.8 Å². The van der Waals surface area contributed by atoms with Crippen molar-refractivity contribution in [3.63, 3.8) is 0 Å². The number of ketones is 1. The summed E-state index contributed by atoms with van der Waals surface area (Å²) < 4.78 is 33.4. The van der Waals surface area contributed by atoms with Crippen molar-refractivity contribution in [2.45, 2.75) is 125 Å². The quantitative estimate of drug-likeness (QED) is 0.415. The third-order valence-electron chi connectivity index (χ3n) is 13.3. The highest BCUT2D eigenvalue weighted by Gasteiger charge is 2.70. The molecule has 0 unspecified atom stereocenters. The van der Waals surface area contributed by atoms with Gasteiger partial charge in [-0.25, -0.2) is 13.1 Å². The highest BCUT2D eigenvalue weighted by molar-refractivity contribution is 7.88. The van der Waals surface area contributed by atoms with Gasteiger partial charge in [-0.05, 0) is 104 Å². The van der Waals surface area contributed by atoms with Crippen LogP contribution >= 0.6 is 0 Å². The summed E-state index contributed by atoms with van der Waals surface area (Å²) in [5.74, 6) is 0.471. The number of hydrogen-bond donors (Lipinski definition) is 1. The highest BCUT2D eigenvalue weighted by atomic mass is 32.2. The van der Waals surface area contributed by atoms with E-state index in [1.54, 1.807) is 0 Å². The molecule has 4 saturated carbocycles. The number of carbonyl (C=O) groups excluding carboxylic acids is 2. The van der Waals surface area contributed by atoms with Gasteiger partial charge in [-0.15, -0.1) is 0 Å². The van der Waals surface area contributed by atoms with Gasteiger partial charge in [0.05, 0.1) is 6.26 Å². The Morgan fingerprint density at radius 1 is 0.949 bits per heavy atom. The fraction of sp³-hybridized carbons (Fsp3) is 0.875. The lowest BCUT2D eigenvalue weighted by atomic mass is 9.33. The molecular weight excluding hydrogens is 510 g/mol. The van der Waals surface area contributed by atoms with Crippen LogP contribution in [0.2, 0.25) is 0 Å². The molecular formula is C32H51NO5S. The van der Waals surface area contributed by atoms with Crippen LogP contribution in [0.3, 0.4) is 0 Å². The van der Waals surface area contributed by atoms with Crippen molar-refractivity contribution >= 4 is 21.8 Å². The Morgan fingerprint density at radius 2 is 1.59 bits per heavy atom. The van der Waals surface area contributed by atoms with E-state index in [-0.39, 0.29) is 56.8 Å². The zero-order valence-corrected chi connectivity index (χ0v) is 26.5. The fourth-order valence-electron chi connectivity index (χ4n) is 11.1. The Hall–Kier alpha value is -1.21. The van der Waals surface area contributed by atoms with Crippen LogP contribution in [0.25, 0.3) is 0 Å². The van der Waals surface area contributed by atoms with Gasteiger partial charge >= 0.3 is 5.97 Å². The van der Waals surface area contributed by atoms with Crippen molar-refractivity contribution in [1.29, 1.82) is 0 Å². The first-order valence-corrected chi connectivity index (χ1v) is 17.0. The molecule has 0 saturated heterocycles. The fourth-order valence-corrected chi connectivity index (χ4v) is 12.2. The molecule has 39 heavy (non-hydrogen) atoms. The van der Waals surface area contributed by atoms with E-state index in [1.807, 2.05) is 13.0 Å². The first kappa shape index (κ1) is 29.3.